The van der Waals surface area contributed by atoms with Crippen molar-refractivity contribution in [1.29, 1.82) is 0 Å². The van der Waals surface area contributed by atoms with Crippen LogP contribution in [-0.2, 0) is 6.54 Å². The highest BCUT2D eigenvalue weighted by molar-refractivity contribution is 7.09. The summed E-state index contributed by atoms with van der Waals surface area (Å²) in [6.45, 7) is 0.247. The van der Waals surface area contributed by atoms with Crippen LogP contribution in [0.4, 0.5) is 11.4 Å². The summed E-state index contributed by atoms with van der Waals surface area (Å²) < 4.78 is 0. The maximum Gasteiger partial charge on any atom is 0.282 e. The number of thiazole rings is 1. The number of anilines is 1. The van der Waals surface area contributed by atoms with E-state index in [1.165, 1.54) is 23.5 Å². The molecule has 1 amide bonds. The van der Waals surface area contributed by atoms with Crippen molar-refractivity contribution < 1.29 is 9.72 Å². The Hall–Kier alpha value is -2.48. The van der Waals surface area contributed by atoms with Gasteiger partial charge in [-0.15, -0.1) is 11.3 Å². The van der Waals surface area contributed by atoms with E-state index in [0.717, 1.165) is 5.01 Å². The number of hydrogen-bond acceptors (Lipinski definition) is 6. The first kappa shape index (κ1) is 13.9. The van der Waals surface area contributed by atoms with Crippen LogP contribution in [0.2, 0.25) is 0 Å². The number of aromatic nitrogens is 1. The zero-order valence-corrected chi connectivity index (χ0v) is 11.4. The second-order valence-corrected chi connectivity index (χ2v) is 4.83. The van der Waals surface area contributed by atoms with E-state index in [1.807, 2.05) is 0 Å². The van der Waals surface area contributed by atoms with Crippen LogP contribution in [0.25, 0.3) is 0 Å². The third kappa shape index (κ3) is 3.09. The lowest BCUT2D eigenvalue weighted by molar-refractivity contribution is -0.385. The topological polar surface area (TPSA) is 97.2 Å². The maximum absolute atomic E-state index is 12.1. The van der Waals surface area contributed by atoms with Gasteiger partial charge in [0.15, 0.2) is 0 Å². The molecule has 1 heterocycles. The first-order valence-corrected chi connectivity index (χ1v) is 6.62. The van der Waals surface area contributed by atoms with Gasteiger partial charge in [-0.25, -0.2) is 4.98 Å². The number of amides is 1. The molecule has 0 aliphatic heterocycles. The summed E-state index contributed by atoms with van der Waals surface area (Å²) in [4.78, 5) is 26.5. The number of hydrogen-bond donors (Lipinski definition) is 2. The molecule has 2 rings (SSSR count). The Morgan fingerprint density at radius 2 is 2.30 bits per heavy atom. The van der Waals surface area contributed by atoms with Gasteiger partial charge in [0.1, 0.15) is 10.6 Å². The van der Waals surface area contributed by atoms with Crippen LogP contribution in [0, 0.1) is 10.1 Å². The number of carbonyl (C=O) groups excluding carboxylic acids is 1. The van der Waals surface area contributed by atoms with Crippen molar-refractivity contribution in [3.05, 3.63) is 50.5 Å². The monoisotopic (exact) mass is 292 g/mol. The van der Waals surface area contributed by atoms with Gasteiger partial charge >= 0.3 is 0 Å². The molecule has 2 N–H and O–H groups in total. The molecule has 0 unspecified atom stereocenters. The standard InChI is InChI=1S/C12H12N4O3S/c1-13-8-2-3-10(16(18)19)9(6-8)12(17)15-7-11-14-4-5-20-11/h2-6,13H,7H2,1H3,(H,15,17). The SMILES string of the molecule is CNc1ccc([N+](=O)[O-])c(C(=O)NCc2nccs2)c1. The van der Waals surface area contributed by atoms with Crippen molar-refractivity contribution in [3.63, 3.8) is 0 Å². The van der Waals surface area contributed by atoms with Crippen molar-refractivity contribution >= 4 is 28.6 Å². The molecule has 7 nitrogen and oxygen atoms in total. The molecule has 0 radical (unpaired) electrons. The minimum atomic E-state index is -0.572. The number of carbonyl (C=O) groups is 1. The Morgan fingerprint density at radius 1 is 1.50 bits per heavy atom. The van der Waals surface area contributed by atoms with Crippen LogP contribution in [0.15, 0.2) is 29.8 Å². The van der Waals surface area contributed by atoms with Crippen LogP contribution < -0.4 is 10.6 Å². The number of nitro groups is 1. The highest BCUT2D eigenvalue weighted by Crippen LogP contribution is 2.22. The summed E-state index contributed by atoms with van der Waals surface area (Å²) >= 11 is 1.41. The molecule has 2 aromatic rings. The van der Waals surface area contributed by atoms with Crippen LogP contribution in [0.1, 0.15) is 15.4 Å². The van der Waals surface area contributed by atoms with Crippen molar-refractivity contribution in [2.45, 2.75) is 6.54 Å². The molecule has 0 spiro atoms. The van der Waals surface area contributed by atoms with Gasteiger partial charge in [0.25, 0.3) is 11.6 Å². The predicted octanol–water partition coefficient (Wildman–Crippen LogP) is 2.02. The Balaban J connectivity index is 2.20. The molecule has 0 saturated heterocycles. The Labute approximate surface area is 118 Å². The maximum atomic E-state index is 12.1. The lowest BCUT2D eigenvalue weighted by Gasteiger charge is -2.06. The number of rotatable bonds is 5. The van der Waals surface area contributed by atoms with E-state index in [2.05, 4.69) is 15.6 Å². The van der Waals surface area contributed by atoms with Gasteiger partial charge in [0.05, 0.1) is 11.5 Å². The van der Waals surface area contributed by atoms with Gasteiger partial charge in [-0.05, 0) is 12.1 Å². The molecule has 8 heteroatoms. The molecule has 0 fully saturated rings. The summed E-state index contributed by atoms with van der Waals surface area (Å²) in [5.41, 5.74) is 0.439. The van der Waals surface area contributed by atoms with Crippen molar-refractivity contribution in [3.8, 4) is 0 Å². The molecule has 104 valence electrons. The lowest BCUT2D eigenvalue weighted by Crippen LogP contribution is -2.23. The van der Waals surface area contributed by atoms with E-state index >= 15 is 0 Å². The van der Waals surface area contributed by atoms with Crippen molar-refractivity contribution in [2.75, 3.05) is 12.4 Å². The van der Waals surface area contributed by atoms with Gasteiger partial charge in [0.2, 0.25) is 0 Å². The largest absolute Gasteiger partial charge is 0.388 e. The molecule has 0 atom stereocenters. The Morgan fingerprint density at radius 3 is 2.90 bits per heavy atom. The third-order valence-corrected chi connectivity index (χ3v) is 3.39. The van der Waals surface area contributed by atoms with Gasteiger partial charge in [0, 0.05) is 30.4 Å². The summed E-state index contributed by atoms with van der Waals surface area (Å²) in [5.74, 6) is -0.496. The fourth-order valence-corrected chi connectivity index (χ4v) is 2.18. The summed E-state index contributed by atoms with van der Waals surface area (Å²) in [7, 11) is 1.68. The average Bonchev–Trinajstić information content (AvgIpc) is 2.97. The molecule has 20 heavy (non-hydrogen) atoms. The minimum Gasteiger partial charge on any atom is -0.388 e. The number of nitrogens with one attached hydrogen (secondary N) is 2. The first-order chi connectivity index (χ1) is 9.61. The lowest BCUT2D eigenvalue weighted by atomic mass is 10.1. The third-order valence-electron chi connectivity index (χ3n) is 2.61. The van der Waals surface area contributed by atoms with E-state index in [-0.39, 0.29) is 17.8 Å². The molecule has 1 aromatic carbocycles. The van der Waals surface area contributed by atoms with E-state index in [1.54, 1.807) is 24.7 Å². The summed E-state index contributed by atoms with van der Waals surface area (Å²) in [6, 6.07) is 4.31. The molecule has 0 saturated carbocycles. The molecular formula is C12H12N4O3S. The van der Waals surface area contributed by atoms with Crippen LogP contribution in [0.5, 0.6) is 0 Å². The molecular weight excluding hydrogens is 280 g/mol. The van der Waals surface area contributed by atoms with Crippen molar-refractivity contribution in [1.82, 2.24) is 10.3 Å². The van der Waals surface area contributed by atoms with Crippen LogP contribution >= 0.6 is 11.3 Å². The van der Waals surface area contributed by atoms with E-state index in [0.29, 0.717) is 5.69 Å². The fourth-order valence-electron chi connectivity index (χ4n) is 1.62. The summed E-state index contributed by atoms with van der Waals surface area (Å²) in [6.07, 6.45) is 1.64. The van der Waals surface area contributed by atoms with E-state index < -0.39 is 10.8 Å². The molecule has 0 bridgehead atoms. The Kier molecular flexibility index (Phi) is 4.26. The zero-order chi connectivity index (χ0) is 14.5. The van der Waals surface area contributed by atoms with Crippen LogP contribution in [-0.4, -0.2) is 22.9 Å². The number of benzene rings is 1. The molecule has 1 aromatic heterocycles. The Bertz CT molecular complexity index is 628. The normalized spacial score (nSPS) is 10.1. The quantitative estimate of drug-likeness (QED) is 0.649. The fraction of sp³-hybridized carbons (Fsp3) is 0.167. The van der Waals surface area contributed by atoms with E-state index in [9.17, 15) is 14.9 Å². The second-order valence-electron chi connectivity index (χ2n) is 3.85. The van der Waals surface area contributed by atoms with Gasteiger partial charge in [-0.3, -0.25) is 14.9 Å². The zero-order valence-electron chi connectivity index (χ0n) is 10.6. The number of nitro benzene ring substituents is 1. The average molecular weight is 292 g/mol. The second kappa shape index (κ2) is 6.11. The highest BCUT2D eigenvalue weighted by atomic mass is 32.1. The van der Waals surface area contributed by atoms with Crippen molar-refractivity contribution in [2.24, 2.45) is 0 Å². The first-order valence-electron chi connectivity index (χ1n) is 5.74. The molecule has 0 aliphatic carbocycles. The van der Waals surface area contributed by atoms with E-state index in [4.69, 9.17) is 0 Å². The number of nitrogens with zero attached hydrogens (tertiary/aromatic N) is 2. The smallest absolute Gasteiger partial charge is 0.282 e. The highest BCUT2D eigenvalue weighted by Gasteiger charge is 2.20. The summed E-state index contributed by atoms with van der Waals surface area (Å²) in [5, 5.41) is 19.0. The van der Waals surface area contributed by atoms with Gasteiger partial charge in [-0.1, -0.05) is 0 Å². The van der Waals surface area contributed by atoms with Crippen LogP contribution in [0.3, 0.4) is 0 Å². The predicted molar refractivity (Wildman–Crippen MR) is 75.9 cm³/mol. The van der Waals surface area contributed by atoms with Gasteiger partial charge in [-0.2, -0.15) is 0 Å². The molecule has 0 aliphatic rings. The van der Waals surface area contributed by atoms with Gasteiger partial charge < -0.3 is 10.6 Å². The minimum absolute atomic E-state index is 0.0263.